The van der Waals surface area contributed by atoms with Crippen molar-refractivity contribution in [2.45, 2.75) is 6.54 Å². The van der Waals surface area contributed by atoms with E-state index in [1.165, 1.54) is 6.07 Å². The minimum absolute atomic E-state index is 0.0279. The maximum atomic E-state index is 13.8. The summed E-state index contributed by atoms with van der Waals surface area (Å²) in [6.45, 7) is 1.99. The van der Waals surface area contributed by atoms with Crippen molar-refractivity contribution in [2.24, 2.45) is 10.8 Å². The van der Waals surface area contributed by atoms with E-state index in [0.29, 0.717) is 12.2 Å². The molecule has 1 heterocycles. The molecule has 1 aliphatic heterocycles. The Morgan fingerprint density at radius 1 is 1.47 bits per heavy atom. The Bertz CT molecular complexity index is 424. The van der Waals surface area contributed by atoms with Crippen LogP contribution >= 0.6 is 0 Å². The normalized spacial score (nSPS) is 15.7. The third-order valence-corrected chi connectivity index (χ3v) is 4.56. The molecule has 4 nitrogen and oxygen atoms in total. The number of halogens is 2. The maximum absolute atomic E-state index is 13.8. The van der Waals surface area contributed by atoms with Crippen LogP contribution in [0.15, 0.2) is 23.3 Å². The fraction of sp³-hybridized carbons (Fsp3) is 0.364. The van der Waals surface area contributed by atoms with E-state index < -0.39 is 0 Å². The fourth-order valence-corrected chi connectivity index (χ4v) is 2.68. The van der Waals surface area contributed by atoms with Crippen molar-refractivity contribution in [2.75, 3.05) is 23.0 Å². The first kappa shape index (κ1) is 12.6. The molecule has 0 atom stereocenters. The third-order valence-electron chi connectivity index (χ3n) is 2.58. The van der Waals surface area contributed by atoms with E-state index >= 15 is 0 Å². The summed E-state index contributed by atoms with van der Waals surface area (Å²) in [6, 6.07) is 5.06. The van der Waals surface area contributed by atoms with Crippen molar-refractivity contribution < 1.29 is 25.9 Å². The summed E-state index contributed by atoms with van der Waals surface area (Å²) < 4.78 is 16.0. The molecule has 0 aliphatic carbocycles. The van der Waals surface area contributed by atoms with Crippen molar-refractivity contribution in [3.8, 4) is 0 Å². The number of benzene rings is 1. The molecule has 2 rings (SSSR count). The van der Waals surface area contributed by atoms with Gasteiger partial charge in [-0.25, -0.2) is 0 Å². The molecule has 0 amide bonds. The van der Waals surface area contributed by atoms with Gasteiger partial charge < -0.3 is 0 Å². The Morgan fingerprint density at radius 3 is 2.82 bits per heavy atom. The predicted molar refractivity (Wildman–Crippen MR) is 62.8 cm³/mol. The van der Waals surface area contributed by atoms with Crippen LogP contribution in [-0.2, 0) is 6.54 Å². The van der Waals surface area contributed by atoms with Crippen LogP contribution in [0.25, 0.3) is 0 Å². The molecule has 0 aromatic heterocycles. The van der Waals surface area contributed by atoms with Gasteiger partial charge in [0.05, 0.1) is 0 Å². The van der Waals surface area contributed by atoms with Crippen LogP contribution in [0.1, 0.15) is 5.56 Å². The van der Waals surface area contributed by atoms with Gasteiger partial charge in [-0.05, 0) is 0 Å². The number of rotatable bonds is 3. The summed E-state index contributed by atoms with van der Waals surface area (Å²) in [7, 11) is 0. The molecule has 0 unspecified atom stereocenters. The van der Waals surface area contributed by atoms with Crippen LogP contribution in [0.2, 0.25) is 0 Å². The van der Waals surface area contributed by atoms with Crippen LogP contribution in [0.3, 0.4) is 0 Å². The van der Waals surface area contributed by atoms with E-state index in [0.717, 1.165) is 18.7 Å². The van der Waals surface area contributed by atoms with E-state index in [-0.39, 0.29) is 27.3 Å². The Balaban J connectivity index is 2.18. The molecule has 1 aromatic carbocycles. The number of hydrazone groups is 1. The number of alkyl halides is 1. The van der Waals surface area contributed by atoms with Gasteiger partial charge in [-0.2, -0.15) is 0 Å². The van der Waals surface area contributed by atoms with Crippen molar-refractivity contribution in [3.63, 3.8) is 0 Å². The molecule has 1 aliphatic rings. The van der Waals surface area contributed by atoms with Crippen LogP contribution < -0.4 is 32.2 Å². The van der Waals surface area contributed by atoms with E-state index in [4.69, 9.17) is 5.73 Å². The molecule has 0 saturated heterocycles. The van der Waals surface area contributed by atoms with E-state index in [2.05, 4.69) is 13.1 Å². The van der Waals surface area contributed by atoms with Crippen molar-refractivity contribution >= 4 is 12.0 Å². The fourth-order valence-electron chi connectivity index (χ4n) is 1.62. The number of nitrogens with two attached hydrogens (primary N) is 1. The number of anilines is 1. The number of hydrogen-bond donors (Lipinski definition) is 1. The molecule has 17 heavy (non-hydrogen) atoms. The molecule has 0 radical (unpaired) electrons. The standard InChI is InChI=1S/C11H15FIN4/c1-13-16-4-5-17(15-8-16)11-3-2-9(7-14)6-10(11)12/h2-3,6,8H,4-5,7,14H2,1H3/q-1. The monoisotopic (exact) mass is 349 g/mol. The third kappa shape index (κ3) is 2.86. The van der Waals surface area contributed by atoms with Gasteiger partial charge in [0.1, 0.15) is 0 Å². The molecule has 6 heteroatoms. The Hall–Kier alpha value is -0.890. The zero-order valence-electron chi connectivity index (χ0n) is 9.61. The topological polar surface area (TPSA) is 44.9 Å². The van der Waals surface area contributed by atoms with Crippen molar-refractivity contribution in [1.82, 2.24) is 3.11 Å². The molecule has 94 valence electrons. The summed E-state index contributed by atoms with van der Waals surface area (Å²) >= 11 is 0.0279. The van der Waals surface area contributed by atoms with Crippen molar-refractivity contribution in [3.05, 3.63) is 29.6 Å². The van der Waals surface area contributed by atoms with Crippen LogP contribution in [0.5, 0.6) is 0 Å². The summed E-state index contributed by atoms with van der Waals surface area (Å²) in [4.78, 5) is 2.18. The van der Waals surface area contributed by atoms with Gasteiger partial charge in [0, 0.05) is 0 Å². The van der Waals surface area contributed by atoms with Gasteiger partial charge in [-0.15, -0.1) is 0 Å². The summed E-state index contributed by atoms with van der Waals surface area (Å²) in [5, 5.41) is 5.96. The molecule has 1 aromatic rings. The van der Waals surface area contributed by atoms with Crippen LogP contribution in [-0.4, -0.2) is 27.5 Å². The van der Waals surface area contributed by atoms with Crippen LogP contribution in [0.4, 0.5) is 10.1 Å². The summed E-state index contributed by atoms with van der Waals surface area (Å²) in [5.74, 6) is -0.259. The summed E-state index contributed by atoms with van der Waals surface area (Å²) in [6.07, 6.45) is 1.80. The van der Waals surface area contributed by atoms with Gasteiger partial charge in [0.15, 0.2) is 0 Å². The molecule has 0 bridgehead atoms. The van der Waals surface area contributed by atoms with Gasteiger partial charge in [0.25, 0.3) is 0 Å². The van der Waals surface area contributed by atoms with Gasteiger partial charge in [0.2, 0.25) is 0 Å². The first-order chi connectivity index (χ1) is 8.24. The Morgan fingerprint density at radius 2 is 2.29 bits per heavy atom. The first-order valence-electron chi connectivity index (χ1n) is 5.31. The quantitative estimate of drug-likeness (QED) is 0.390. The van der Waals surface area contributed by atoms with E-state index in [9.17, 15) is 4.39 Å². The molecular weight excluding hydrogens is 334 g/mol. The molecular formula is C11H15FIN4-. The average molecular weight is 349 g/mol. The average Bonchev–Trinajstić information content (AvgIpc) is 2.39. The predicted octanol–water partition coefficient (Wildman–Crippen LogP) is -2.02. The van der Waals surface area contributed by atoms with Crippen molar-refractivity contribution in [1.29, 1.82) is 0 Å². The molecule has 0 saturated carbocycles. The molecule has 2 N–H and O–H groups in total. The van der Waals surface area contributed by atoms with Gasteiger partial charge in [-0.3, -0.25) is 0 Å². The molecule has 0 spiro atoms. The Kier molecular flexibility index (Phi) is 4.16. The molecule has 0 fully saturated rings. The summed E-state index contributed by atoms with van der Waals surface area (Å²) in [5.41, 5.74) is 6.79. The SMILES string of the molecule is C[I-]N1C=NN(c2ccc(CN)cc2F)CC1. The van der Waals surface area contributed by atoms with Gasteiger partial charge >= 0.3 is 111 Å². The zero-order chi connectivity index (χ0) is 12.3. The zero-order valence-corrected chi connectivity index (χ0v) is 11.8. The second kappa shape index (κ2) is 5.63. The van der Waals surface area contributed by atoms with E-state index in [1.807, 2.05) is 6.07 Å². The number of hydrogen-bond acceptors (Lipinski definition) is 4. The second-order valence-electron chi connectivity index (χ2n) is 3.64. The van der Waals surface area contributed by atoms with Gasteiger partial charge in [-0.1, -0.05) is 0 Å². The minimum atomic E-state index is -0.259. The number of nitrogens with zero attached hydrogens (tertiary/aromatic N) is 3. The Labute approximate surface area is 111 Å². The van der Waals surface area contributed by atoms with E-state index in [1.54, 1.807) is 17.4 Å². The van der Waals surface area contributed by atoms with Crippen LogP contribution in [0, 0.1) is 5.82 Å². The second-order valence-corrected chi connectivity index (χ2v) is 5.84. The first-order valence-corrected chi connectivity index (χ1v) is 8.43.